The molecule has 0 spiro atoms. The summed E-state index contributed by atoms with van der Waals surface area (Å²) >= 11 is 0. The molecule has 3 nitrogen and oxygen atoms in total. The van der Waals surface area contributed by atoms with E-state index < -0.39 is 0 Å². The molecule has 9 rings (SSSR count). The lowest BCUT2D eigenvalue weighted by Gasteiger charge is -2.45. The van der Waals surface area contributed by atoms with Gasteiger partial charge in [-0.3, -0.25) is 0 Å². The van der Waals surface area contributed by atoms with E-state index in [0.717, 1.165) is 40.6 Å². The van der Waals surface area contributed by atoms with Gasteiger partial charge in [0.1, 0.15) is 23.0 Å². The van der Waals surface area contributed by atoms with E-state index in [0.29, 0.717) is 0 Å². The number of hydrogen-bond acceptors (Lipinski definition) is 3. The molecule has 1 aliphatic carbocycles. The van der Waals surface area contributed by atoms with Crippen LogP contribution in [0.4, 0.5) is 17.1 Å². The van der Waals surface area contributed by atoms with Crippen molar-refractivity contribution in [1.82, 2.24) is 0 Å². The van der Waals surface area contributed by atoms with Crippen LogP contribution in [0.1, 0.15) is 103 Å². The third kappa shape index (κ3) is 4.28. The predicted octanol–water partition coefficient (Wildman–Crippen LogP) is 10.2. The van der Waals surface area contributed by atoms with Gasteiger partial charge in [-0.05, 0) is 92.6 Å². The zero-order valence-electron chi connectivity index (χ0n) is 30.4. The lowest BCUT2D eigenvalue weighted by molar-refractivity contribution is 0.320. The molecule has 0 unspecified atom stereocenters. The molecule has 0 saturated heterocycles. The molecule has 49 heavy (non-hydrogen) atoms. The number of hydrogen-bond donors (Lipinski definition) is 0. The number of benzene rings is 5. The quantitative estimate of drug-likeness (QED) is 0.166. The normalized spacial score (nSPS) is 18.5. The SMILES string of the molecule is CC(C)(C)c1cc2c3c(c1)Oc1c(ccc4c1C(C)(C)CCC4(C)C)B3c1ccc(N3c4ccccc4C(C)(C)c4ccccc43)cc1O2. The second-order valence-corrected chi connectivity index (χ2v) is 17.7. The van der Waals surface area contributed by atoms with Crippen molar-refractivity contribution in [2.24, 2.45) is 0 Å². The lowest BCUT2D eigenvalue weighted by Crippen LogP contribution is -2.58. The number of rotatable bonds is 1. The van der Waals surface area contributed by atoms with Gasteiger partial charge in [-0.15, -0.1) is 0 Å². The Morgan fingerprint density at radius 2 is 1.20 bits per heavy atom. The summed E-state index contributed by atoms with van der Waals surface area (Å²) in [7, 11) is 0. The Bertz CT molecular complexity index is 2170. The molecule has 3 aliphatic heterocycles. The van der Waals surface area contributed by atoms with Crippen LogP contribution in [-0.4, -0.2) is 6.71 Å². The minimum Gasteiger partial charge on any atom is -0.458 e. The third-order valence-corrected chi connectivity index (χ3v) is 12.2. The highest BCUT2D eigenvalue weighted by atomic mass is 16.5. The summed E-state index contributed by atoms with van der Waals surface area (Å²) in [6, 6.07) is 33.9. The van der Waals surface area contributed by atoms with Gasteiger partial charge in [0.2, 0.25) is 0 Å². The molecule has 0 aromatic heterocycles. The highest BCUT2D eigenvalue weighted by molar-refractivity contribution is 6.98. The van der Waals surface area contributed by atoms with Gasteiger partial charge in [0.05, 0.1) is 11.4 Å². The van der Waals surface area contributed by atoms with Crippen molar-refractivity contribution in [3.8, 4) is 23.0 Å². The van der Waals surface area contributed by atoms with Gasteiger partial charge in [0, 0.05) is 28.2 Å². The van der Waals surface area contributed by atoms with Crippen LogP contribution < -0.4 is 30.8 Å². The van der Waals surface area contributed by atoms with Crippen molar-refractivity contribution >= 4 is 40.2 Å². The maximum atomic E-state index is 7.13. The van der Waals surface area contributed by atoms with Gasteiger partial charge in [-0.1, -0.05) is 117 Å². The molecule has 3 heterocycles. The monoisotopic (exact) mass is 643 g/mol. The summed E-state index contributed by atoms with van der Waals surface area (Å²) in [5.41, 5.74) is 13.7. The number of para-hydroxylation sites is 2. The summed E-state index contributed by atoms with van der Waals surface area (Å²) in [4.78, 5) is 2.42. The van der Waals surface area contributed by atoms with Crippen molar-refractivity contribution in [2.45, 2.75) is 96.8 Å². The number of ether oxygens (including phenoxy) is 2. The first-order chi connectivity index (χ1) is 23.2. The highest BCUT2D eigenvalue weighted by Crippen LogP contribution is 2.53. The van der Waals surface area contributed by atoms with E-state index in [-0.39, 0.29) is 28.4 Å². The Morgan fingerprint density at radius 1 is 0.612 bits per heavy atom. The topological polar surface area (TPSA) is 21.7 Å². The fraction of sp³-hybridized carbons (Fsp3) is 0.333. The number of anilines is 3. The van der Waals surface area contributed by atoms with Gasteiger partial charge in [-0.25, -0.2) is 0 Å². The largest absolute Gasteiger partial charge is 0.458 e. The Balaban J connectivity index is 1.28. The van der Waals surface area contributed by atoms with Gasteiger partial charge >= 0.3 is 0 Å². The minimum absolute atomic E-state index is 0.0127. The zero-order valence-corrected chi connectivity index (χ0v) is 30.4. The summed E-state index contributed by atoms with van der Waals surface area (Å²) in [6.07, 6.45) is 2.31. The fourth-order valence-corrected chi connectivity index (χ4v) is 9.19. The average Bonchev–Trinajstić information content (AvgIpc) is 3.06. The van der Waals surface area contributed by atoms with Crippen LogP contribution in [0, 0.1) is 0 Å². The molecular weight excluding hydrogens is 597 g/mol. The van der Waals surface area contributed by atoms with E-state index >= 15 is 0 Å². The summed E-state index contributed by atoms with van der Waals surface area (Å²) < 4.78 is 14.1. The summed E-state index contributed by atoms with van der Waals surface area (Å²) in [5.74, 6) is 3.81. The molecule has 0 atom stereocenters. The zero-order chi connectivity index (χ0) is 34.2. The Kier molecular flexibility index (Phi) is 6.15. The first-order valence-corrected chi connectivity index (χ1v) is 18.0. The maximum Gasteiger partial charge on any atom is 0.260 e. The van der Waals surface area contributed by atoms with Crippen LogP contribution >= 0.6 is 0 Å². The van der Waals surface area contributed by atoms with Gasteiger partial charge < -0.3 is 14.4 Å². The molecule has 0 amide bonds. The number of fused-ring (bicyclic) bond motifs is 8. The first kappa shape index (κ1) is 30.6. The Labute approximate surface area is 292 Å². The van der Waals surface area contributed by atoms with Crippen molar-refractivity contribution < 1.29 is 9.47 Å². The second kappa shape index (κ2) is 9.84. The standard InChI is InChI=1S/C45H46BNO2/c1-42(2,3)27-24-37-40-38(25-27)49-41-33(21-19-31-39(41)44(6,7)23-22-43(31,4)5)46(40)32-20-18-28(26-36(32)48-37)47-34-16-12-10-14-29(34)45(8,9)30-15-11-13-17-35(30)47/h10-21,24-26H,22-23H2,1-9H3. The summed E-state index contributed by atoms with van der Waals surface area (Å²) in [6.45, 7) is 21.1. The van der Waals surface area contributed by atoms with Crippen molar-refractivity contribution in [3.05, 3.63) is 119 Å². The van der Waals surface area contributed by atoms with E-state index in [9.17, 15) is 0 Å². The Morgan fingerprint density at radius 3 is 1.86 bits per heavy atom. The van der Waals surface area contributed by atoms with E-state index in [1.165, 1.54) is 56.5 Å². The molecule has 0 fully saturated rings. The van der Waals surface area contributed by atoms with Gasteiger partial charge in [0.15, 0.2) is 0 Å². The van der Waals surface area contributed by atoms with E-state index in [2.05, 4.69) is 158 Å². The molecule has 0 N–H and O–H groups in total. The molecule has 4 aliphatic rings. The van der Waals surface area contributed by atoms with Crippen molar-refractivity contribution in [1.29, 1.82) is 0 Å². The van der Waals surface area contributed by atoms with Gasteiger partial charge in [-0.2, -0.15) is 0 Å². The van der Waals surface area contributed by atoms with Crippen LogP contribution in [0.2, 0.25) is 0 Å². The van der Waals surface area contributed by atoms with Crippen LogP contribution in [0.5, 0.6) is 23.0 Å². The van der Waals surface area contributed by atoms with Crippen molar-refractivity contribution in [3.63, 3.8) is 0 Å². The number of nitrogens with zero attached hydrogens (tertiary/aromatic N) is 1. The highest BCUT2D eigenvalue weighted by Gasteiger charge is 2.47. The minimum atomic E-state index is -0.111. The summed E-state index contributed by atoms with van der Waals surface area (Å²) in [5, 5.41) is 0. The second-order valence-electron chi connectivity index (χ2n) is 17.7. The van der Waals surface area contributed by atoms with Gasteiger partial charge in [0.25, 0.3) is 6.71 Å². The fourth-order valence-electron chi connectivity index (χ4n) is 9.19. The molecule has 0 bridgehead atoms. The first-order valence-electron chi connectivity index (χ1n) is 18.0. The van der Waals surface area contributed by atoms with E-state index in [1.807, 2.05) is 0 Å². The predicted molar refractivity (Wildman–Crippen MR) is 205 cm³/mol. The van der Waals surface area contributed by atoms with Crippen molar-refractivity contribution in [2.75, 3.05) is 4.90 Å². The molecule has 246 valence electrons. The molecule has 5 aromatic carbocycles. The van der Waals surface area contributed by atoms with Crippen LogP contribution in [-0.2, 0) is 21.7 Å². The smallest absolute Gasteiger partial charge is 0.260 e. The van der Waals surface area contributed by atoms with Crippen LogP contribution in [0.3, 0.4) is 0 Å². The van der Waals surface area contributed by atoms with E-state index in [1.54, 1.807) is 0 Å². The molecule has 0 radical (unpaired) electrons. The third-order valence-electron chi connectivity index (χ3n) is 12.2. The lowest BCUT2D eigenvalue weighted by atomic mass is 9.34. The average molecular weight is 644 g/mol. The molecule has 0 saturated carbocycles. The molecule has 5 aromatic rings. The van der Waals surface area contributed by atoms with E-state index in [4.69, 9.17) is 9.47 Å². The maximum absolute atomic E-state index is 7.13. The molecule has 4 heteroatoms. The Hall–Kier alpha value is -4.44. The van der Waals surface area contributed by atoms with Crippen LogP contribution in [0.25, 0.3) is 0 Å². The molecular formula is C45H46BNO2. The van der Waals surface area contributed by atoms with Crippen LogP contribution in [0.15, 0.2) is 91.0 Å².